The first kappa shape index (κ1) is 16.3. The van der Waals surface area contributed by atoms with Crippen LogP contribution < -0.4 is 5.73 Å². The zero-order valence-electron chi connectivity index (χ0n) is 14.1. The van der Waals surface area contributed by atoms with Crippen LogP contribution in [-0.2, 0) is 0 Å². The molecule has 2 heteroatoms. The summed E-state index contributed by atoms with van der Waals surface area (Å²) in [5.41, 5.74) is 7.07. The average Bonchev–Trinajstić information content (AvgIpc) is 2.79. The van der Waals surface area contributed by atoms with Crippen molar-refractivity contribution >= 4 is 0 Å². The highest BCUT2D eigenvalue weighted by atomic mass is 15.2. The molecule has 0 aromatic heterocycles. The van der Waals surface area contributed by atoms with Gasteiger partial charge in [0.2, 0.25) is 0 Å². The van der Waals surface area contributed by atoms with Crippen molar-refractivity contribution in [2.24, 2.45) is 17.1 Å². The highest BCUT2D eigenvalue weighted by Crippen LogP contribution is 2.38. The van der Waals surface area contributed by atoms with Gasteiger partial charge in [-0.15, -0.1) is 0 Å². The fraction of sp³-hybridized carbons (Fsp3) is 1.00. The Labute approximate surface area is 126 Å². The first-order valence-corrected chi connectivity index (χ1v) is 8.93. The monoisotopic (exact) mass is 280 g/mol. The van der Waals surface area contributed by atoms with E-state index in [-0.39, 0.29) is 0 Å². The van der Waals surface area contributed by atoms with E-state index in [9.17, 15) is 0 Å². The third-order valence-electron chi connectivity index (χ3n) is 6.04. The van der Waals surface area contributed by atoms with E-state index in [0.717, 1.165) is 12.5 Å². The lowest BCUT2D eigenvalue weighted by Gasteiger charge is -2.43. The predicted molar refractivity (Wildman–Crippen MR) is 87.9 cm³/mol. The van der Waals surface area contributed by atoms with Crippen LogP contribution in [0.25, 0.3) is 0 Å². The van der Waals surface area contributed by atoms with Gasteiger partial charge < -0.3 is 5.73 Å². The van der Waals surface area contributed by atoms with Gasteiger partial charge >= 0.3 is 0 Å². The molecule has 0 aromatic carbocycles. The van der Waals surface area contributed by atoms with Gasteiger partial charge in [-0.3, -0.25) is 4.90 Å². The van der Waals surface area contributed by atoms with Crippen LogP contribution in [0.3, 0.4) is 0 Å². The molecule has 20 heavy (non-hydrogen) atoms. The molecule has 0 amide bonds. The number of nitrogens with two attached hydrogens (primary N) is 1. The van der Waals surface area contributed by atoms with Gasteiger partial charge in [0.25, 0.3) is 0 Å². The zero-order chi connectivity index (χ0) is 14.6. The van der Waals surface area contributed by atoms with Crippen LogP contribution in [0.1, 0.15) is 78.6 Å². The number of hydrogen-bond donors (Lipinski definition) is 1. The molecule has 2 fully saturated rings. The normalized spacial score (nSPS) is 29.7. The lowest BCUT2D eigenvalue weighted by Crippen LogP contribution is -2.54. The van der Waals surface area contributed by atoms with Crippen LogP contribution in [0, 0.1) is 11.3 Å². The first-order chi connectivity index (χ1) is 9.48. The maximum Gasteiger partial charge on any atom is 0.0331 e. The molecular weight excluding hydrogens is 244 g/mol. The molecule has 0 bridgehead atoms. The van der Waals surface area contributed by atoms with E-state index in [4.69, 9.17) is 5.73 Å². The third-order valence-corrected chi connectivity index (χ3v) is 6.04. The Kier molecular flexibility index (Phi) is 5.53. The van der Waals surface area contributed by atoms with Gasteiger partial charge in [-0.2, -0.15) is 0 Å². The van der Waals surface area contributed by atoms with Crippen molar-refractivity contribution in [3.63, 3.8) is 0 Å². The Balaban J connectivity index is 2.04. The van der Waals surface area contributed by atoms with Crippen LogP contribution in [0.4, 0.5) is 0 Å². The van der Waals surface area contributed by atoms with Crippen molar-refractivity contribution in [1.29, 1.82) is 0 Å². The maximum atomic E-state index is 6.27. The minimum Gasteiger partial charge on any atom is -0.329 e. The molecule has 2 aliphatic rings. The van der Waals surface area contributed by atoms with Gasteiger partial charge in [-0.25, -0.2) is 0 Å². The molecule has 2 nitrogen and oxygen atoms in total. The van der Waals surface area contributed by atoms with Crippen LogP contribution in [0.5, 0.6) is 0 Å². The minimum absolute atomic E-state index is 0.337. The zero-order valence-corrected chi connectivity index (χ0v) is 14.1. The predicted octanol–water partition coefficient (Wildman–Crippen LogP) is 4.19. The van der Waals surface area contributed by atoms with Crippen LogP contribution in [0.2, 0.25) is 0 Å². The minimum atomic E-state index is 0.337. The molecule has 1 unspecified atom stereocenters. The molecule has 0 radical (unpaired) electrons. The highest BCUT2D eigenvalue weighted by Gasteiger charge is 2.37. The fourth-order valence-corrected chi connectivity index (χ4v) is 4.47. The Morgan fingerprint density at radius 1 is 0.950 bits per heavy atom. The second-order valence-corrected chi connectivity index (χ2v) is 8.32. The SMILES string of the molecule is CC(C)(C)C1CCCN(C2(CN)CCCCCC2)CC1. The van der Waals surface area contributed by atoms with E-state index >= 15 is 0 Å². The number of rotatable bonds is 2. The largest absolute Gasteiger partial charge is 0.329 e. The first-order valence-electron chi connectivity index (χ1n) is 8.93. The molecule has 0 spiro atoms. The van der Waals surface area contributed by atoms with Crippen molar-refractivity contribution in [3.8, 4) is 0 Å². The Morgan fingerprint density at radius 2 is 1.60 bits per heavy atom. The molecule has 2 rings (SSSR count). The lowest BCUT2D eigenvalue weighted by molar-refractivity contribution is 0.0777. The van der Waals surface area contributed by atoms with Gasteiger partial charge in [0.05, 0.1) is 0 Å². The van der Waals surface area contributed by atoms with Crippen molar-refractivity contribution in [1.82, 2.24) is 4.90 Å². The van der Waals surface area contributed by atoms with Crippen molar-refractivity contribution < 1.29 is 0 Å². The second-order valence-electron chi connectivity index (χ2n) is 8.32. The summed E-state index contributed by atoms with van der Waals surface area (Å²) < 4.78 is 0. The topological polar surface area (TPSA) is 29.3 Å². The summed E-state index contributed by atoms with van der Waals surface area (Å²) in [5.74, 6) is 0.883. The second kappa shape index (κ2) is 6.79. The molecule has 1 aliphatic heterocycles. The van der Waals surface area contributed by atoms with Gasteiger partial charge in [0, 0.05) is 12.1 Å². The van der Waals surface area contributed by atoms with Crippen molar-refractivity contribution in [2.75, 3.05) is 19.6 Å². The molecule has 1 saturated heterocycles. The summed E-state index contributed by atoms with van der Waals surface area (Å²) in [6, 6.07) is 0. The van der Waals surface area contributed by atoms with E-state index in [0.29, 0.717) is 11.0 Å². The Hall–Kier alpha value is -0.0800. The molecule has 1 aliphatic carbocycles. The summed E-state index contributed by atoms with van der Waals surface area (Å²) >= 11 is 0. The lowest BCUT2D eigenvalue weighted by atomic mass is 9.76. The highest BCUT2D eigenvalue weighted by molar-refractivity contribution is 4.95. The summed E-state index contributed by atoms with van der Waals surface area (Å²) in [4.78, 5) is 2.80. The molecule has 2 N–H and O–H groups in total. The van der Waals surface area contributed by atoms with Crippen molar-refractivity contribution in [3.05, 3.63) is 0 Å². The van der Waals surface area contributed by atoms with Crippen LogP contribution in [-0.4, -0.2) is 30.1 Å². The van der Waals surface area contributed by atoms with Gasteiger partial charge in [-0.05, 0) is 56.5 Å². The number of nitrogens with zero attached hydrogens (tertiary/aromatic N) is 1. The van der Waals surface area contributed by atoms with E-state index in [1.54, 1.807) is 0 Å². The van der Waals surface area contributed by atoms with Gasteiger partial charge in [-0.1, -0.05) is 46.5 Å². The van der Waals surface area contributed by atoms with Gasteiger partial charge in [0.15, 0.2) is 0 Å². The van der Waals surface area contributed by atoms with E-state index < -0.39 is 0 Å². The van der Waals surface area contributed by atoms with Crippen LogP contribution in [0.15, 0.2) is 0 Å². The van der Waals surface area contributed by atoms with Crippen LogP contribution >= 0.6 is 0 Å². The Bertz CT molecular complexity index is 284. The third kappa shape index (κ3) is 3.76. The molecule has 1 heterocycles. The summed E-state index contributed by atoms with van der Waals surface area (Å²) in [5, 5.41) is 0. The standard InChI is InChI=1S/C18H36N2/c1-17(2,3)16-9-8-13-20(14-10-16)18(15-19)11-6-4-5-7-12-18/h16H,4-15,19H2,1-3H3. The number of likely N-dealkylation sites (tertiary alicyclic amines) is 1. The molecule has 0 aromatic rings. The maximum absolute atomic E-state index is 6.27. The summed E-state index contributed by atoms with van der Waals surface area (Å²) in [6.45, 7) is 10.7. The molecular formula is C18H36N2. The van der Waals surface area contributed by atoms with E-state index in [1.165, 1.54) is 70.9 Å². The smallest absolute Gasteiger partial charge is 0.0331 e. The summed E-state index contributed by atoms with van der Waals surface area (Å²) in [6.07, 6.45) is 12.4. The number of hydrogen-bond acceptors (Lipinski definition) is 2. The van der Waals surface area contributed by atoms with Gasteiger partial charge in [0.1, 0.15) is 0 Å². The summed E-state index contributed by atoms with van der Waals surface area (Å²) in [7, 11) is 0. The van der Waals surface area contributed by atoms with Crippen molar-refractivity contribution in [2.45, 2.75) is 84.1 Å². The average molecular weight is 280 g/mol. The molecule has 118 valence electrons. The molecule has 1 saturated carbocycles. The molecule has 1 atom stereocenters. The quantitative estimate of drug-likeness (QED) is 0.769. The van der Waals surface area contributed by atoms with E-state index in [2.05, 4.69) is 25.7 Å². The Morgan fingerprint density at radius 3 is 2.15 bits per heavy atom. The van der Waals surface area contributed by atoms with E-state index in [1.807, 2.05) is 0 Å². The fourth-order valence-electron chi connectivity index (χ4n) is 4.47.